The Labute approximate surface area is 168 Å². The number of allylic oxidation sites excluding steroid dienone is 1. The molecule has 5 rings (SSSR count). The fraction of sp³-hybridized carbons (Fsp3) is 0.391. The van der Waals surface area contributed by atoms with Crippen molar-refractivity contribution in [3.05, 3.63) is 68.1 Å². The number of rotatable bonds is 3. The van der Waals surface area contributed by atoms with E-state index in [4.69, 9.17) is 4.98 Å². The van der Waals surface area contributed by atoms with Crippen molar-refractivity contribution in [2.24, 2.45) is 0 Å². The largest absolute Gasteiger partial charge is 0.392 e. The van der Waals surface area contributed by atoms with Crippen LogP contribution in [0.2, 0.25) is 0 Å². The Bertz CT molecular complexity index is 1120. The van der Waals surface area contributed by atoms with Crippen molar-refractivity contribution in [1.82, 2.24) is 9.55 Å². The lowest BCUT2D eigenvalue weighted by molar-refractivity contribution is 0.326. The molecular formula is C23H24N2O2S. The molecule has 0 radical (unpaired) electrons. The molecule has 1 N–H and O–H groups in total. The smallest absolute Gasteiger partial charge is 0.262 e. The number of hydrogen-bond acceptors (Lipinski definition) is 4. The predicted octanol–water partition coefficient (Wildman–Crippen LogP) is 4.12. The maximum absolute atomic E-state index is 13.3. The van der Waals surface area contributed by atoms with Gasteiger partial charge in [0.05, 0.1) is 12.0 Å². The molecule has 3 heterocycles. The first-order valence-corrected chi connectivity index (χ1v) is 11.0. The first kappa shape index (κ1) is 17.8. The molecule has 28 heavy (non-hydrogen) atoms. The minimum absolute atomic E-state index is 0.0821. The summed E-state index contributed by atoms with van der Waals surface area (Å²) in [4.78, 5) is 20.3. The normalized spacial score (nSPS) is 16.8. The van der Waals surface area contributed by atoms with Crippen LogP contribution in [0.4, 0.5) is 0 Å². The molecule has 5 heteroatoms. The van der Waals surface area contributed by atoms with E-state index in [2.05, 4.69) is 12.1 Å². The average Bonchev–Trinajstić information content (AvgIpc) is 2.92. The van der Waals surface area contributed by atoms with Crippen LogP contribution in [0.1, 0.15) is 47.5 Å². The van der Waals surface area contributed by atoms with Gasteiger partial charge >= 0.3 is 0 Å². The molecule has 2 aromatic heterocycles. The van der Waals surface area contributed by atoms with Crippen LogP contribution in [0.5, 0.6) is 0 Å². The average molecular weight is 393 g/mol. The number of benzene rings is 1. The standard InChI is InChI=1S/C23H24N2O2S/c26-14-16-10-11-17-20-22(24-19-9-5-2-6-12-25(19)23(20)27)28-21(17)18(16)13-15-7-3-1-4-8-15/h1,3-4,7-8,26H,2,5-6,9-14H2. The molecule has 4 nitrogen and oxygen atoms in total. The monoisotopic (exact) mass is 392 g/mol. The van der Waals surface area contributed by atoms with Crippen LogP contribution in [0.15, 0.2) is 40.7 Å². The van der Waals surface area contributed by atoms with E-state index in [1.54, 1.807) is 11.3 Å². The summed E-state index contributed by atoms with van der Waals surface area (Å²) in [6.07, 6.45) is 6.65. The van der Waals surface area contributed by atoms with Gasteiger partial charge in [-0.3, -0.25) is 9.36 Å². The summed E-state index contributed by atoms with van der Waals surface area (Å²) >= 11 is 1.65. The second kappa shape index (κ2) is 7.30. The van der Waals surface area contributed by atoms with Gasteiger partial charge in [0.1, 0.15) is 10.7 Å². The lowest BCUT2D eigenvalue weighted by Crippen LogP contribution is -2.24. The summed E-state index contributed by atoms with van der Waals surface area (Å²) in [5.41, 5.74) is 4.82. The van der Waals surface area contributed by atoms with Gasteiger partial charge in [-0.25, -0.2) is 4.98 Å². The zero-order chi connectivity index (χ0) is 19.1. The van der Waals surface area contributed by atoms with Crippen molar-refractivity contribution >= 4 is 27.1 Å². The molecule has 2 aliphatic rings. The highest BCUT2D eigenvalue weighted by Crippen LogP contribution is 2.41. The molecule has 0 saturated carbocycles. The lowest BCUT2D eigenvalue weighted by atomic mass is 9.87. The maximum Gasteiger partial charge on any atom is 0.262 e. The predicted molar refractivity (Wildman–Crippen MR) is 114 cm³/mol. The van der Waals surface area contributed by atoms with Gasteiger partial charge in [0.2, 0.25) is 0 Å². The highest BCUT2D eigenvalue weighted by Gasteiger charge is 2.27. The molecule has 1 aromatic carbocycles. The van der Waals surface area contributed by atoms with Crippen molar-refractivity contribution in [3.8, 4) is 0 Å². The third kappa shape index (κ3) is 2.93. The van der Waals surface area contributed by atoms with Crippen molar-refractivity contribution in [3.63, 3.8) is 0 Å². The third-order valence-electron chi connectivity index (χ3n) is 6.06. The van der Waals surface area contributed by atoms with Crippen molar-refractivity contribution < 1.29 is 5.11 Å². The van der Waals surface area contributed by atoms with Crippen LogP contribution in [0, 0.1) is 0 Å². The number of aliphatic hydroxyl groups is 1. The Balaban J connectivity index is 1.69. The van der Waals surface area contributed by atoms with E-state index in [1.807, 2.05) is 22.8 Å². The molecule has 0 bridgehead atoms. The number of aliphatic hydroxyl groups excluding tert-OH is 1. The van der Waals surface area contributed by atoms with Gasteiger partial charge in [0.15, 0.2) is 0 Å². The number of aryl methyl sites for hydroxylation is 2. The van der Waals surface area contributed by atoms with E-state index >= 15 is 0 Å². The Kier molecular flexibility index (Phi) is 4.65. The summed E-state index contributed by atoms with van der Waals surface area (Å²) in [5, 5.41) is 10.8. The van der Waals surface area contributed by atoms with E-state index in [-0.39, 0.29) is 12.2 Å². The second-order valence-electron chi connectivity index (χ2n) is 7.79. The molecule has 3 aromatic rings. The first-order chi connectivity index (χ1) is 13.8. The molecule has 1 aliphatic heterocycles. The van der Waals surface area contributed by atoms with Crippen LogP contribution in [0.3, 0.4) is 0 Å². The number of thiophene rings is 1. The number of fused-ring (bicyclic) bond motifs is 4. The van der Waals surface area contributed by atoms with Crippen molar-refractivity contribution in [2.75, 3.05) is 6.61 Å². The maximum atomic E-state index is 13.3. The van der Waals surface area contributed by atoms with Gasteiger partial charge < -0.3 is 5.11 Å². The Morgan fingerprint density at radius 2 is 1.93 bits per heavy atom. The fourth-order valence-electron chi connectivity index (χ4n) is 4.58. The third-order valence-corrected chi connectivity index (χ3v) is 7.25. The molecule has 0 atom stereocenters. The van der Waals surface area contributed by atoms with Crippen molar-refractivity contribution in [1.29, 1.82) is 0 Å². The Hall–Kier alpha value is -2.24. The highest BCUT2D eigenvalue weighted by molar-refractivity contribution is 7.19. The number of hydrogen-bond donors (Lipinski definition) is 1. The highest BCUT2D eigenvalue weighted by atomic mass is 32.1. The van der Waals surface area contributed by atoms with Crippen LogP contribution < -0.4 is 5.56 Å². The summed E-state index contributed by atoms with van der Waals surface area (Å²) < 4.78 is 1.92. The van der Waals surface area contributed by atoms with Crippen LogP contribution in [-0.2, 0) is 25.8 Å². The molecule has 144 valence electrons. The number of aromatic nitrogens is 2. The minimum atomic E-state index is 0.0821. The zero-order valence-electron chi connectivity index (χ0n) is 15.9. The summed E-state index contributed by atoms with van der Waals surface area (Å²) in [7, 11) is 0. The quantitative estimate of drug-likeness (QED) is 0.729. The molecule has 0 spiro atoms. The van der Waals surface area contributed by atoms with Crippen LogP contribution in [0.25, 0.3) is 15.8 Å². The number of nitrogens with zero attached hydrogens (tertiary/aromatic N) is 2. The molecule has 0 fully saturated rings. The van der Waals surface area contributed by atoms with Crippen molar-refractivity contribution in [2.45, 2.75) is 51.5 Å². The Morgan fingerprint density at radius 1 is 1.07 bits per heavy atom. The van der Waals surface area contributed by atoms with E-state index in [9.17, 15) is 9.90 Å². The topological polar surface area (TPSA) is 55.1 Å². The molecular weight excluding hydrogens is 368 g/mol. The SMILES string of the molecule is O=c1c2c3c(sc2nc2n1CCCCC2)C(Cc1ccccc1)=C(CO)CC3. The van der Waals surface area contributed by atoms with E-state index in [0.717, 1.165) is 72.2 Å². The molecule has 0 saturated heterocycles. The van der Waals surface area contributed by atoms with E-state index in [1.165, 1.54) is 22.4 Å². The Morgan fingerprint density at radius 3 is 2.75 bits per heavy atom. The van der Waals surface area contributed by atoms with Crippen LogP contribution in [-0.4, -0.2) is 21.3 Å². The van der Waals surface area contributed by atoms with Crippen LogP contribution >= 0.6 is 11.3 Å². The summed E-state index contributed by atoms with van der Waals surface area (Å²) in [6, 6.07) is 10.4. The van der Waals surface area contributed by atoms with Gasteiger partial charge in [-0.15, -0.1) is 11.3 Å². The zero-order valence-corrected chi connectivity index (χ0v) is 16.7. The van der Waals surface area contributed by atoms with E-state index in [0.29, 0.717) is 0 Å². The fourth-order valence-corrected chi connectivity index (χ4v) is 5.91. The van der Waals surface area contributed by atoms with Gasteiger partial charge in [0.25, 0.3) is 5.56 Å². The summed E-state index contributed by atoms with van der Waals surface area (Å²) in [6.45, 7) is 0.870. The van der Waals surface area contributed by atoms with Gasteiger partial charge in [-0.2, -0.15) is 0 Å². The minimum Gasteiger partial charge on any atom is -0.392 e. The molecule has 1 aliphatic carbocycles. The van der Waals surface area contributed by atoms with Gasteiger partial charge in [0, 0.05) is 17.8 Å². The van der Waals surface area contributed by atoms with Gasteiger partial charge in [-0.1, -0.05) is 36.8 Å². The van der Waals surface area contributed by atoms with Gasteiger partial charge in [-0.05, 0) is 54.4 Å². The lowest BCUT2D eigenvalue weighted by Gasteiger charge is -2.20. The summed E-state index contributed by atoms with van der Waals surface area (Å²) in [5.74, 6) is 0.949. The molecule has 0 amide bonds. The first-order valence-electron chi connectivity index (χ1n) is 10.2. The molecule has 0 unspecified atom stereocenters. The second-order valence-corrected chi connectivity index (χ2v) is 8.79. The van der Waals surface area contributed by atoms with E-state index < -0.39 is 0 Å².